The number of ether oxygens (including phenoxy) is 1. The first-order chi connectivity index (χ1) is 6.22. The fourth-order valence-electron chi connectivity index (χ4n) is 2.42. The first-order valence-electron chi connectivity index (χ1n) is 5.36. The topological polar surface area (TPSA) is 29.5 Å². The Hall–Kier alpha value is -0.0800. The van der Waals surface area contributed by atoms with Gasteiger partial charge in [-0.2, -0.15) is 0 Å². The second kappa shape index (κ2) is 4.97. The highest BCUT2D eigenvalue weighted by molar-refractivity contribution is 4.83. The van der Waals surface area contributed by atoms with Gasteiger partial charge >= 0.3 is 0 Å². The first kappa shape index (κ1) is 11.0. The maximum absolute atomic E-state index is 9.43. The van der Waals surface area contributed by atoms with Crippen molar-refractivity contribution in [3.8, 4) is 0 Å². The Labute approximate surface area is 81.3 Å². The number of hydrogen-bond donors (Lipinski definition) is 1. The van der Waals surface area contributed by atoms with E-state index in [1.807, 2.05) is 0 Å². The van der Waals surface area contributed by atoms with Gasteiger partial charge in [-0.3, -0.25) is 0 Å². The van der Waals surface area contributed by atoms with E-state index in [1.54, 1.807) is 7.11 Å². The first-order valence-corrected chi connectivity index (χ1v) is 5.36. The molecule has 0 aliphatic heterocycles. The Morgan fingerprint density at radius 2 is 1.92 bits per heavy atom. The third-order valence-corrected chi connectivity index (χ3v) is 3.37. The monoisotopic (exact) mass is 186 g/mol. The Kier molecular flexibility index (Phi) is 4.20. The molecule has 0 radical (unpaired) electrons. The fourth-order valence-corrected chi connectivity index (χ4v) is 2.42. The maximum Gasteiger partial charge on any atom is 0.0549 e. The smallest absolute Gasteiger partial charge is 0.0549 e. The van der Waals surface area contributed by atoms with Crippen molar-refractivity contribution in [2.45, 2.75) is 51.6 Å². The molecule has 1 fully saturated rings. The van der Waals surface area contributed by atoms with E-state index >= 15 is 0 Å². The average Bonchev–Trinajstić information content (AvgIpc) is 2.19. The van der Waals surface area contributed by atoms with Crippen LogP contribution in [0.2, 0.25) is 0 Å². The van der Waals surface area contributed by atoms with Crippen molar-refractivity contribution >= 4 is 0 Å². The molecule has 2 heteroatoms. The molecule has 2 nitrogen and oxygen atoms in total. The van der Waals surface area contributed by atoms with E-state index in [0.717, 1.165) is 6.42 Å². The van der Waals surface area contributed by atoms with Crippen LogP contribution in [0.4, 0.5) is 0 Å². The third-order valence-electron chi connectivity index (χ3n) is 3.37. The van der Waals surface area contributed by atoms with Crippen molar-refractivity contribution in [3.05, 3.63) is 0 Å². The van der Waals surface area contributed by atoms with E-state index in [1.165, 1.54) is 32.1 Å². The molecule has 0 aromatic heterocycles. The summed E-state index contributed by atoms with van der Waals surface area (Å²) in [6.45, 7) is 2.42. The van der Waals surface area contributed by atoms with E-state index in [4.69, 9.17) is 4.74 Å². The Morgan fingerprint density at radius 3 is 2.38 bits per heavy atom. The van der Waals surface area contributed by atoms with Gasteiger partial charge in [0.25, 0.3) is 0 Å². The summed E-state index contributed by atoms with van der Waals surface area (Å²) in [5, 5.41) is 9.43. The molecule has 1 aliphatic rings. The molecule has 0 bridgehead atoms. The largest absolute Gasteiger partial charge is 0.396 e. The lowest BCUT2D eigenvalue weighted by atomic mass is 9.71. The van der Waals surface area contributed by atoms with Crippen LogP contribution in [0.5, 0.6) is 0 Å². The van der Waals surface area contributed by atoms with Gasteiger partial charge in [-0.05, 0) is 31.6 Å². The van der Waals surface area contributed by atoms with Crippen molar-refractivity contribution < 1.29 is 9.84 Å². The third kappa shape index (κ3) is 2.96. The van der Waals surface area contributed by atoms with Crippen LogP contribution in [-0.2, 0) is 4.74 Å². The van der Waals surface area contributed by atoms with Crippen LogP contribution in [0.15, 0.2) is 0 Å². The summed E-state index contributed by atoms with van der Waals surface area (Å²) < 4.78 is 5.27. The van der Waals surface area contributed by atoms with Gasteiger partial charge in [0.2, 0.25) is 0 Å². The predicted octanol–water partition coefficient (Wildman–Crippen LogP) is 2.35. The lowest BCUT2D eigenvalue weighted by Gasteiger charge is -2.37. The summed E-state index contributed by atoms with van der Waals surface area (Å²) in [5.74, 6) is 0. The van der Waals surface area contributed by atoms with Crippen molar-refractivity contribution in [2.75, 3.05) is 13.7 Å². The highest BCUT2D eigenvalue weighted by atomic mass is 16.5. The summed E-state index contributed by atoms with van der Waals surface area (Å²) in [7, 11) is 1.75. The zero-order chi connectivity index (χ0) is 9.73. The second-order valence-corrected chi connectivity index (χ2v) is 4.47. The van der Waals surface area contributed by atoms with Crippen LogP contribution in [0, 0.1) is 5.41 Å². The van der Waals surface area contributed by atoms with Gasteiger partial charge in [-0.25, -0.2) is 0 Å². The van der Waals surface area contributed by atoms with Gasteiger partial charge in [0, 0.05) is 13.7 Å². The maximum atomic E-state index is 9.43. The van der Waals surface area contributed by atoms with Crippen LogP contribution >= 0.6 is 0 Å². The lowest BCUT2D eigenvalue weighted by Crippen LogP contribution is -2.32. The van der Waals surface area contributed by atoms with E-state index in [2.05, 4.69) is 6.92 Å². The van der Waals surface area contributed by atoms with Gasteiger partial charge in [-0.15, -0.1) is 0 Å². The van der Waals surface area contributed by atoms with Crippen molar-refractivity contribution in [1.82, 2.24) is 0 Å². The molecule has 78 valence electrons. The zero-order valence-electron chi connectivity index (χ0n) is 8.88. The Balaban J connectivity index is 2.47. The fraction of sp³-hybridized carbons (Fsp3) is 1.00. The SMILES string of the molecule is COC(C)CC1(CO)CCCCC1. The quantitative estimate of drug-likeness (QED) is 0.730. The minimum Gasteiger partial charge on any atom is -0.396 e. The van der Waals surface area contributed by atoms with Crippen molar-refractivity contribution in [1.29, 1.82) is 0 Å². The number of hydrogen-bond acceptors (Lipinski definition) is 2. The van der Waals surface area contributed by atoms with Crippen LogP contribution in [0.25, 0.3) is 0 Å². The number of aliphatic hydroxyl groups is 1. The summed E-state index contributed by atoms with van der Waals surface area (Å²) in [4.78, 5) is 0. The summed E-state index contributed by atoms with van der Waals surface area (Å²) in [6.07, 6.45) is 7.54. The molecule has 0 spiro atoms. The minimum absolute atomic E-state index is 0.174. The van der Waals surface area contributed by atoms with Crippen LogP contribution in [0.1, 0.15) is 45.4 Å². The molecule has 13 heavy (non-hydrogen) atoms. The van der Waals surface area contributed by atoms with Gasteiger partial charge in [0.15, 0.2) is 0 Å². The second-order valence-electron chi connectivity index (χ2n) is 4.47. The van der Waals surface area contributed by atoms with E-state index in [9.17, 15) is 5.11 Å². The summed E-state index contributed by atoms with van der Waals surface area (Å²) >= 11 is 0. The number of methoxy groups -OCH3 is 1. The van der Waals surface area contributed by atoms with E-state index in [-0.39, 0.29) is 11.5 Å². The number of rotatable bonds is 4. The Morgan fingerprint density at radius 1 is 1.31 bits per heavy atom. The van der Waals surface area contributed by atoms with E-state index < -0.39 is 0 Å². The van der Waals surface area contributed by atoms with Gasteiger partial charge in [0.1, 0.15) is 0 Å². The lowest BCUT2D eigenvalue weighted by molar-refractivity contribution is 0.0101. The Bertz CT molecular complexity index is 139. The molecule has 0 aromatic rings. The minimum atomic E-state index is 0.174. The molecular formula is C11H22O2. The van der Waals surface area contributed by atoms with Gasteiger partial charge in [-0.1, -0.05) is 19.3 Å². The van der Waals surface area contributed by atoms with Crippen LogP contribution in [0.3, 0.4) is 0 Å². The van der Waals surface area contributed by atoms with Crippen LogP contribution < -0.4 is 0 Å². The zero-order valence-corrected chi connectivity index (χ0v) is 8.88. The highest BCUT2D eigenvalue weighted by Crippen LogP contribution is 2.39. The molecule has 1 rings (SSSR count). The van der Waals surface area contributed by atoms with Gasteiger partial charge in [0.05, 0.1) is 6.10 Å². The molecule has 0 amide bonds. The molecule has 1 N–H and O–H groups in total. The highest BCUT2D eigenvalue weighted by Gasteiger charge is 2.32. The molecule has 0 saturated heterocycles. The van der Waals surface area contributed by atoms with E-state index in [0.29, 0.717) is 6.61 Å². The standard InChI is InChI=1S/C11H22O2/c1-10(13-2)8-11(9-12)6-4-3-5-7-11/h10,12H,3-9H2,1-2H3. The average molecular weight is 186 g/mol. The van der Waals surface area contributed by atoms with Crippen molar-refractivity contribution in [3.63, 3.8) is 0 Å². The summed E-state index contributed by atoms with van der Waals surface area (Å²) in [5.41, 5.74) is 0.174. The molecule has 1 aliphatic carbocycles. The molecular weight excluding hydrogens is 164 g/mol. The molecule has 1 atom stereocenters. The number of aliphatic hydroxyl groups excluding tert-OH is 1. The normalized spacial score (nSPS) is 24.2. The van der Waals surface area contributed by atoms with Gasteiger partial charge < -0.3 is 9.84 Å². The molecule has 0 aromatic carbocycles. The van der Waals surface area contributed by atoms with Crippen LogP contribution in [-0.4, -0.2) is 24.9 Å². The molecule has 0 heterocycles. The molecule has 1 unspecified atom stereocenters. The summed E-state index contributed by atoms with van der Waals surface area (Å²) in [6, 6.07) is 0. The van der Waals surface area contributed by atoms with Crippen molar-refractivity contribution in [2.24, 2.45) is 5.41 Å². The predicted molar refractivity (Wildman–Crippen MR) is 53.7 cm³/mol. The molecule has 1 saturated carbocycles.